The van der Waals surface area contributed by atoms with E-state index in [1.54, 1.807) is 6.07 Å². The van der Waals surface area contributed by atoms with Crippen molar-refractivity contribution in [1.29, 1.82) is 0 Å². The molecule has 0 amide bonds. The Bertz CT molecular complexity index is 387. The minimum atomic E-state index is -0.377. The highest BCUT2D eigenvalue weighted by Gasteiger charge is 2.23. The van der Waals surface area contributed by atoms with Crippen molar-refractivity contribution in [3.8, 4) is 5.75 Å². The first kappa shape index (κ1) is 13.3. The average Bonchev–Trinajstić information content (AvgIpc) is 2.29. The van der Waals surface area contributed by atoms with Gasteiger partial charge in [0.15, 0.2) is 0 Å². The van der Waals surface area contributed by atoms with Gasteiger partial charge in [0.25, 0.3) is 0 Å². The third-order valence-electron chi connectivity index (χ3n) is 4.14. The molecule has 3 heteroatoms. The average molecular weight is 251 g/mol. The Labute approximate surface area is 108 Å². The highest BCUT2D eigenvalue weighted by atomic mass is 19.1. The van der Waals surface area contributed by atoms with Gasteiger partial charge in [0.05, 0.1) is 0 Å². The number of hydrogen-bond donors (Lipinski definition) is 2. The van der Waals surface area contributed by atoms with Crippen molar-refractivity contribution in [2.45, 2.75) is 45.7 Å². The van der Waals surface area contributed by atoms with Crippen molar-refractivity contribution in [3.63, 3.8) is 0 Å². The summed E-state index contributed by atoms with van der Waals surface area (Å²) in [5.41, 5.74) is 0.804. The molecule has 0 spiro atoms. The molecule has 2 rings (SSSR count). The maximum atomic E-state index is 13.1. The van der Waals surface area contributed by atoms with Crippen LogP contribution < -0.4 is 5.32 Å². The highest BCUT2D eigenvalue weighted by Crippen LogP contribution is 2.29. The SMILES string of the molecule is CC1CCC(NCc2cc(O)cc(F)c2)CC1C. The van der Waals surface area contributed by atoms with Crippen LogP contribution in [0.2, 0.25) is 0 Å². The molecule has 0 aliphatic heterocycles. The Morgan fingerprint density at radius 2 is 2.00 bits per heavy atom. The van der Waals surface area contributed by atoms with Gasteiger partial charge in [-0.05, 0) is 48.8 Å². The Kier molecular flexibility index (Phi) is 4.23. The number of phenols is 1. The quantitative estimate of drug-likeness (QED) is 0.862. The topological polar surface area (TPSA) is 32.3 Å². The first-order chi connectivity index (χ1) is 8.54. The van der Waals surface area contributed by atoms with Crippen LogP contribution in [0.1, 0.15) is 38.7 Å². The molecule has 1 saturated carbocycles. The molecule has 0 heterocycles. The van der Waals surface area contributed by atoms with E-state index in [0.29, 0.717) is 12.6 Å². The summed E-state index contributed by atoms with van der Waals surface area (Å²) >= 11 is 0. The van der Waals surface area contributed by atoms with Crippen molar-refractivity contribution >= 4 is 0 Å². The lowest BCUT2D eigenvalue weighted by Gasteiger charge is -2.32. The summed E-state index contributed by atoms with van der Waals surface area (Å²) in [6, 6.07) is 4.74. The number of halogens is 1. The van der Waals surface area contributed by atoms with E-state index in [-0.39, 0.29) is 11.6 Å². The van der Waals surface area contributed by atoms with Crippen LogP contribution in [-0.2, 0) is 6.54 Å². The van der Waals surface area contributed by atoms with Crippen LogP contribution in [0.4, 0.5) is 4.39 Å². The fourth-order valence-corrected chi connectivity index (χ4v) is 2.73. The summed E-state index contributed by atoms with van der Waals surface area (Å²) in [6.45, 7) is 5.23. The molecule has 0 aromatic heterocycles. The number of hydrogen-bond acceptors (Lipinski definition) is 2. The second-order valence-electron chi connectivity index (χ2n) is 5.66. The van der Waals surface area contributed by atoms with Crippen LogP contribution in [0.15, 0.2) is 18.2 Å². The maximum absolute atomic E-state index is 13.1. The molecule has 1 aliphatic rings. The highest BCUT2D eigenvalue weighted by molar-refractivity contribution is 5.28. The predicted molar refractivity (Wildman–Crippen MR) is 70.9 cm³/mol. The minimum Gasteiger partial charge on any atom is -0.508 e. The molecular formula is C15H22FNO. The molecule has 1 aromatic rings. The first-order valence-corrected chi connectivity index (χ1v) is 6.76. The van der Waals surface area contributed by atoms with E-state index in [1.165, 1.54) is 25.3 Å². The lowest BCUT2D eigenvalue weighted by atomic mass is 9.79. The number of rotatable bonds is 3. The van der Waals surface area contributed by atoms with Gasteiger partial charge in [0, 0.05) is 18.7 Å². The van der Waals surface area contributed by atoms with Gasteiger partial charge in [-0.3, -0.25) is 0 Å². The Morgan fingerprint density at radius 1 is 1.22 bits per heavy atom. The maximum Gasteiger partial charge on any atom is 0.127 e. The Morgan fingerprint density at radius 3 is 2.67 bits per heavy atom. The molecule has 2 N–H and O–H groups in total. The molecule has 18 heavy (non-hydrogen) atoms. The zero-order chi connectivity index (χ0) is 13.1. The van der Waals surface area contributed by atoms with Crippen LogP contribution >= 0.6 is 0 Å². The normalized spacial score (nSPS) is 28.3. The Hall–Kier alpha value is -1.09. The van der Waals surface area contributed by atoms with Gasteiger partial charge in [-0.25, -0.2) is 4.39 Å². The monoisotopic (exact) mass is 251 g/mol. The molecule has 1 aliphatic carbocycles. The molecule has 3 unspecified atom stereocenters. The Balaban J connectivity index is 1.88. The van der Waals surface area contributed by atoms with Crippen LogP contribution in [0.5, 0.6) is 5.75 Å². The zero-order valence-electron chi connectivity index (χ0n) is 11.1. The molecule has 0 radical (unpaired) electrons. The van der Waals surface area contributed by atoms with E-state index < -0.39 is 0 Å². The van der Waals surface area contributed by atoms with Gasteiger partial charge in [-0.2, -0.15) is 0 Å². The van der Waals surface area contributed by atoms with Crippen LogP contribution in [-0.4, -0.2) is 11.1 Å². The largest absolute Gasteiger partial charge is 0.508 e. The smallest absolute Gasteiger partial charge is 0.127 e. The summed E-state index contributed by atoms with van der Waals surface area (Å²) in [5, 5.41) is 12.8. The van der Waals surface area contributed by atoms with Crippen LogP contribution in [0, 0.1) is 17.7 Å². The number of nitrogens with one attached hydrogen (secondary N) is 1. The van der Waals surface area contributed by atoms with Gasteiger partial charge in [0.2, 0.25) is 0 Å². The third kappa shape index (κ3) is 3.45. The molecule has 100 valence electrons. The molecule has 2 nitrogen and oxygen atoms in total. The molecular weight excluding hydrogens is 229 g/mol. The van der Waals surface area contributed by atoms with Crippen molar-refractivity contribution in [2.75, 3.05) is 0 Å². The zero-order valence-corrected chi connectivity index (χ0v) is 11.1. The van der Waals surface area contributed by atoms with E-state index in [9.17, 15) is 9.50 Å². The van der Waals surface area contributed by atoms with Gasteiger partial charge in [-0.15, -0.1) is 0 Å². The predicted octanol–water partition coefficient (Wildman–Crippen LogP) is 3.45. The van der Waals surface area contributed by atoms with E-state index in [2.05, 4.69) is 19.2 Å². The summed E-state index contributed by atoms with van der Waals surface area (Å²) in [5.74, 6) is 1.17. The minimum absolute atomic E-state index is 0.00238. The summed E-state index contributed by atoms with van der Waals surface area (Å²) in [6.07, 6.45) is 3.63. The summed E-state index contributed by atoms with van der Waals surface area (Å²) in [7, 11) is 0. The second-order valence-corrected chi connectivity index (χ2v) is 5.66. The van der Waals surface area contributed by atoms with E-state index in [1.807, 2.05) is 0 Å². The lowest BCUT2D eigenvalue weighted by Crippen LogP contribution is -2.35. The molecule has 0 saturated heterocycles. The summed E-state index contributed by atoms with van der Waals surface area (Å²) in [4.78, 5) is 0. The van der Waals surface area contributed by atoms with Crippen molar-refractivity contribution in [2.24, 2.45) is 11.8 Å². The summed E-state index contributed by atoms with van der Waals surface area (Å²) < 4.78 is 13.1. The fraction of sp³-hybridized carbons (Fsp3) is 0.600. The third-order valence-corrected chi connectivity index (χ3v) is 4.14. The standard InChI is InChI=1S/C15H22FNO/c1-10-3-4-14(5-11(10)2)17-9-12-6-13(16)8-15(18)7-12/h6-8,10-11,14,17-18H,3-5,9H2,1-2H3. The van der Waals surface area contributed by atoms with Gasteiger partial charge in [-0.1, -0.05) is 13.8 Å². The number of phenolic OH excluding ortho intramolecular Hbond substituents is 1. The first-order valence-electron chi connectivity index (χ1n) is 6.76. The van der Waals surface area contributed by atoms with Gasteiger partial charge in [0.1, 0.15) is 11.6 Å². The number of benzene rings is 1. The molecule has 1 aromatic carbocycles. The molecule has 1 fully saturated rings. The van der Waals surface area contributed by atoms with Crippen LogP contribution in [0.3, 0.4) is 0 Å². The second kappa shape index (κ2) is 5.70. The van der Waals surface area contributed by atoms with Crippen molar-refractivity contribution < 1.29 is 9.50 Å². The van der Waals surface area contributed by atoms with Crippen LogP contribution in [0.25, 0.3) is 0 Å². The van der Waals surface area contributed by atoms with Crippen molar-refractivity contribution in [3.05, 3.63) is 29.6 Å². The van der Waals surface area contributed by atoms with E-state index in [0.717, 1.165) is 23.5 Å². The van der Waals surface area contributed by atoms with Gasteiger partial charge >= 0.3 is 0 Å². The molecule has 0 bridgehead atoms. The fourth-order valence-electron chi connectivity index (χ4n) is 2.73. The van der Waals surface area contributed by atoms with E-state index >= 15 is 0 Å². The van der Waals surface area contributed by atoms with E-state index in [4.69, 9.17) is 0 Å². The molecule has 3 atom stereocenters. The lowest BCUT2D eigenvalue weighted by molar-refractivity contribution is 0.225. The van der Waals surface area contributed by atoms with Gasteiger partial charge < -0.3 is 10.4 Å². The number of aromatic hydroxyl groups is 1. The van der Waals surface area contributed by atoms with Crippen molar-refractivity contribution in [1.82, 2.24) is 5.32 Å².